The second-order valence-electron chi connectivity index (χ2n) is 6.81. The number of benzene rings is 1. The largest absolute Gasteiger partial charge is 0.381 e. The van der Waals surface area contributed by atoms with E-state index in [1.165, 1.54) is 0 Å². The highest BCUT2D eigenvalue weighted by Crippen LogP contribution is 2.35. The first kappa shape index (κ1) is 22.2. The van der Waals surface area contributed by atoms with Crippen LogP contribution in [0.25, 0.3) is 5.57 Å². The number of hydrogen-bond donors (Lipinski definition) is 0. The van der Waals surface area contributed by atoms with E-state index in [0.29, 0.717) is 18.1 Å². The van der Waals surface area contributed by atoms with Gasteiger partial charge in [-0.3, -0.25) is 4.99 Å². The van der Waals surface area contributed by atoms with E-state index in [9.17, 15) is 0 Å². The summed E-state index contributed by atoms with van der Waals surface area (Å²) in [6.07, 6.45) is 3.72. The molecule has 4 nitrogen and oxygen atoms in total. The lowest BCUT2D eigenvalue weighted by Gasteiger charge is -2.26. The Bertz CT molecular complexity index is 812. The highest BCUT2D eigenvalue weighted by Gasteiger charge is 2.19. The summed E-state index contributed by atoms with van der Waals surface area (Å²) in [5.41, 5.74) is 3.88. The number of hydrogen-bond acceptors (Lipinski definition) is 5. The Kier molecular flexibility index (Phi) is 8.72. The van der Waals surface area contributed by atoms with Crippen LogP contribution in [0.3, 0.4) is 0 Å². The maximum Gasteiger partial charge on any atom is 0.145 e. The molecule has 1 aromatic carbocycles. The number of ether oxygens (including phenoxy) is 2. The predicted molar refractivity (Wildman–Crippen MR) is 118 cm³/mol. The van der Waals surface area contributed by atoms with Crippen LogP contribution in [0.5, 0.6) is 0 Å². The molecule has 2 rings (SSSR count). The van der Waals surface area contributed by atoms with Gasteiger partial charge in [-0.05, 0) is 55.9 Å². The van der Waals surface area contributed by atoms with Gasteiger partial charge in [0, 0.05) is 22.6 Å². The summed E-state index contributed by atoms with van der Waals surface area (Å²) in [5, 5.41) is 9.02. The van der Waals surface area contributed by atoms with Crippen LogP contribution in [0.4, 0.5) is 0 Å². The zero-order valence-electron chi connectivity index (χ0n) is 17.1. The minimum absolute atomic E-state index is 0.207. The van der Waals surface area contributed by atoms with Crippen LogP contribution >= 0.6 is 11.8 Å². The average molecular weight is 397 g/mol. The van der Waals surface area contributed by atoms with Crippen molar-refractivity contribution in [3.8, 4) is 6.07 Å². The summed E-state index contributed by atoms with van der Waals surface area (Å²) >= 11 is 1.63. The Morgan fingerprint density at radius 2 is 2.07 bits per heavy atom. The van der Waals surface area contributed by atoms with E-state index >= 15 is 0 Å². The molecule has 1 fully saturated rings. The number of thioether (sulfide) groups is 1. The van der Waals surface area contributed by atoms with Gasteiger partial charge in [-0.25, -0.2) is 0 Å². The molecule has 0 saturated carbocycles. The molecule has 5 heteroatoms. The van der Waals surface area contributed by atoms with Gasteiger partial charge < -0.3 is 9.47 Å². The van der Waals surface area contributed by atoms with Crippen molar-refractivity contribution in [2.45, 2.75) is 33.9 Å². The van der Waals surface area contributed by atoms with Gasteiger partial charge in [0.2, 0.25) is 0 Å². The van der Waals surface area contributed by atoms with Crippen molar-refractivity contribution in [3.63, 3.8) is 0 Å². The third-order valence-electron chi connectivity index (χ3n) is 4.34. The molecule has 1 aliphatic rings. The number of rotatable bonds is 9. The maximum atomic E-state index is 9.02. The lowest BCUT2D eigenvalue weighted by atomic mass is 10.0. The van der Waals surface area contributed by atoms with Gasteiger partial charge in [0.05, 0.1) is 31.5 Å². The van der Waals surface area contributed by atoms with Crippen LogP contribution in [-0.4, -0.2) is 32.3 Å². The molecule has 1 aliphatic heterocycles. The zero-order valence-corrected chi connectivity index (χ0v) is 17.9. The molecule has 0 aliphatic carbocycles. The van der Waals surface area contributed by atoms with Crippen molar-refractivity contribution in [1.82, 2.24) is 0 Å². The van der Waals surface area contributed by atoms with E-state index in [-0.39, 0.29) is 6.23 Å². The minimum Gasteiger partial charge on any atom is -0.381 e. The molecule has 28 heavy (non-hydrogen) atoms. The van der Waals surface area contributed by atoms with Crippen LogP contribution in [0.2, 0.25) is 0 Å². The number of nitrogens with zero attached hydrogens (tertiary/aromatic N) is 2. The molecule has 0 spiro atoms. The second kappa shape index (κ2) is 11.0. The van der Waals surface area contributed by atoms with Gasteiger partial charge in [-0.15, -0.1) is 0 Å². The average Bonchev–Trinajstić information content (AvgIpc) is 2.65. The summed E-state index contributed by atoms with van der Waals surface area (Å²) in [6.45, 7) is 14.3. The normalized spacial score (nSPS) is 17.0. The van der Waals surface area contributed by atoms with Crippen molar-refractivity contribution in [2.24, 2.45) is 10.9 Å². The number of aliphatic imine (C=N–C) groups is 1. The molecule has 1 heterocycles. The first-order valence-corrected chi connectivity index (χ1v) is 10.2. The zero-order chi connectivity index (χ0) is 20.5. The number of nitriles is 1. The quantitative estimate of drug-likeness (QED) is 0.404. The van der Waals surface area contributed by atoms with Crippen molar-refractivity contribution in [2.75, 3.05) is 19.8 Å². The van der Waals surface area contributed by atoms with Gasteiger partial charge >= 0.3 is 0 Å². The molecule has 1 saturated heterocycles. The van der Waals surface area contributed by atoms with Gasteiger partial charge in [-0.2, -0.15) is 5.26 Å². The van der Waals surface area contributed by atoms with Crippen molar-refractivity contribution >= 4 is 23.5 Å². The summed E-state index contributed by atoms with van der Waals surface area (Å²) in [7, 11) is 0. The smallest absolute Gasteiger partial charge is 0.145 e. The third kappa shape index (κ3) is 6.49. The Morgan fingerprint density at radius 1 is 1.39 bits per heavy atom. The van der Waals surface area contributed by atoms with Crippen LogP contribution in [0.1, 0.15) is 38.8 Å². The Balaban J connectivity index is 2.21. The van der Waals surface area contributed by atoms with Crippen molar-refractivity contribution in [1.29, 1.82) is 5.26 Å². The molecule has 1 unspecified atom stereocenters. The SMILES string of the molecule is C=C(C)SC(/C(/C=N\C(C)OCC1COC1)=C/C)=C(\C)c1ccc(C#N)cc1. The fourth-order valence-corrected chi connectivity index (χ4v) is 3.51. The molecular weight excluding hydrogens is 368 g/mol. The summed E-state index contributed by atoms with van der Waals surface area (Å²) < 4.78 is 11.0. The van der Waals surface area contributed by atoms with E-state index in [1.807, 2.05) is 51.3 Å². The van der Waals surface area contributed by atoms with E-state index in [2.05, 4.69) is 30.6 Å². The van der Waals surface area contributed by atoms with Crippen LogP contribution in [0, 0.1) is 17.2 Å². The molecular formula is C23H28N2O2S. The second-order valence-corrected chi connectivity index (χ2v) is 8.11. The highest BCUT2D eigenvalue weighted by molar-refractivity contribution is 8.07. The molecule has 0 aromatic heterocycles. The van der Waals surface area contributed by atoms with Crippen LogP contribution in [-0.2, 0) is 9.47 Å². The highest BCUT2D eigenvalue weighted by atomic mass is 32.2. The fourth-order valence-electron chi connectivity index (χ4n) is 2.60. The van der Waals surface area contributed by atoms with Gasteiger partial charge in [0.1, 0.15) is 6.23 Å². The summed E-state index contributed by atoms with van der Waals surface area (Å²) in [6, 6.07) is 9.79. The van der Waals surface area contributed by atoms with Gasteiger partial charge in [0.15, 0.2) is 0 Å². The topological polar surface area (TPSA) is 54.6 Å². The standard InChI is InChI=1S/C23H28N2O2S/c1-6-21(12-25-18(5)27-15-20-13-26-14-20)23(28-16(2)3)17(4)22-9-7-19(11-24)8-10-22/h6-10,12,18,20H,2,13-15H2,1,3-5H3/b21-6+,23-17+,25-12-. The predicted octanol–water partition coefficient (Wildman–Crippen LogP) is 5.58. The minimum atomic E-state index is -0.207. The molecule has 0 N–H and O–H groups in total. The molecule has 1 aromatic rings. The summed E-state index contributed by atoms with van der Waals surface area (Å²) in [5.74, 6) is 0.492. The van der Waals surface area contributed by atoms with Crippen LogP contribution < -0.4 is 0 Å². The number of allylic oxidation sites excluding steroid dienone is 4. The van der Waals surface area contributed by atoms with E-state index in [1.54, 1.807) is 11.8 Å². The Morgan fingerprint density at radius 3 is 2.57 bits per heavy atom. The van der Waals surface area contributed by atoms with E-state index in [0.717, 1.165) is 39.7 Å². The molecule has 0 bridgehead atoms. The fraction of sp³-hybridized carbons (Fsp3) is 0.391. The molecule has 148 valence electrons. The van der Waals surface area contributed by atoms with Gasteiger partial charge in [0.25, 0.3) is 0 Å². The van der Waals surface area contributed by atoms with E-state index in [4.69, 9.17) is 14.7 Å². The van der Waals surface area contributed by atoms with Crippen LogP contribution in [0.15, 0.2) is 57.3 Å². The summed E-state index contributed by atoms with van der Waals surface area (Å²) in [4.78, 5) is 6.69. The molecule has 1 atom stereocenters. The molecule has 0 radical (unpaired) electrons. The lowest BCUT2D eigenvalue weighted by Crippen LogP contribution is -2.32. The first-order valence-electron chi connectivity index (χ1n) is 9.38. The van der Waals surface area contributed by atoms with Gasteiger partial charge in [-0.1, -0.05) is 36.5 Å². The maximum absolute atomic E-state index is 9.02. The Hall–Kier alpha value is -2.13. The van der Waals surface area contributed by atoms with E-state index < -0.39 is 0 Å². The third-order valence-corrected chi connectivity index (χ3v) is 5.44. The first-order chi connectivity index (χ1) is 13.4. The Labute approximate surface area is 172 Å². The van der Waals surface area contributed by atoms with Crippen molar-refractivity contribution in [3.05, 3.63) is 63.4 Å². The molecule has 0 amide bonds. The monoisotopic (exact) mass is 396 g/mol. The van der Waals surface area contributed by atoms with Crippen molar-refractivity contribution < 1.29 is 9.47 Å². The lowest BCUT2D eigenvalue weighted by molar-refractivity contribution is -0.0829.